The van der Waals surface area contributed by atoms with E-state index in [9.17, 15) is 13.2 Å². The van der Waals surface area contributed by atoms with Gasteiger partial charge in [-0.15, -0.1) is 0 Å². The van der Waals surface area contributed by atoms with E-state index in [-0.39, 0.29) is 11.4 Å². The average molecular weight is 411 g/mol. The average Bonchev–Trinajstić information content (AvgIpc) is 2.74. The van der Waals surface area contributed by atoms with Crippen molar-refractivity contribution in [2.45, 2.75) is 11.5 Å². The summed E-state index contributed by atoms with van der Waals surface area (Å²) in [6, 6.07) is 20.4. The minimum atomic E-state index is -3.73. The zero-order valence-electron chi connectivity index (χ0n) is 15.9. The molecule has 29 heavy (non-hydrogen) atoms. The monoisotopic (exact) mass is 411 g/mol. The van der Waals surface area contributed by atoms with E-state index in [4.69, 9.17) is 4.74 Å². The predicted molar refractivity (Wildman–Crippen MR) is 110 cm³/mol. The van der Waals surface area contributed by atoms with Gasteiger partial charge in [0.1, 0.15) is 12.4 Å². The van der Waals surface area contributed by atoms with E-state index >= 15 is 0 Å². The van der Waals surface area contributed by atoms with Crippen molar-refractivity contribution < 1.29 is 17.9 Å². The molecular weight excluding hydrogens is 390 g/mol. The molecule has 0 aliphatic carbocycles. The standard InChI is InChI=1S/C21H21N3O4S/c1-24(29(26,27)20-11-3-2-4-12-20)15-21(25)23-17-9-7-10-19(14-17)28-16-18-8-5-6-13-22-18/h2-14H,15-16H2,1H3,(H,23,25). The Labute approximate surface area is 170 Å². The van der Waals surface area contributed by atoms with Crippen LogP contribution in [0, 0.1) is 0 Å². The molecular formula is C21H21N3O4S. The van der Waals surface area contributed by atoms with Crippen molar-refractivity contribution in [3.05, 3.63) is 84.7 Å². The number of anilines is 1. The van der Waals surface area contributed by atoms with Crippen LogP contribution in [0.25, 0.3) is 0 Å². The number of aromatic nitrogens is 1. The maximum Gasteiger partial charge on any atom is 0.243 e. The van der Waals surface area contributed by atoms with E-state index in [0.717, 1.165) is 10.00 Å². The number of hydrogen-bond donors (Lipinski definition) is 1. The Morgan fingerprint density at radius 1 is 1.03 bits per heavy atom. The lowest BCUT2D eigenvalue weighted by Gasteiger charge is -2.17. The Hall–Kier alpha value is -3.23. The number of likely N-dealkylation sites (N-methyl/N-ethyl adjacent to an activating group) is 1. The van der Waals surface area contributed by atoms with Crippen molar-refractivity contribution >= 4 is 21.6 Å². The SMILES string of the molecule is CN(CC(=O)Nc1cccc(OCc2ccccn2)c1)S(=O)(=O)c1ccccc1. The quantitative estimate of drug-likeness (QED) is 0.616. The van der Waals surface area contributed by atoms with E-state index in [0.29, 0.717) is 18.0 Å². The van der Waals surface area contributed by atoms with Crippen LogP contribution in [-0.4, -0.2) is 37.2 Å². The molecule has 2 aromatic carbocycles. The van der Waals surface area contributed by atoms with Gasteiger partial charge in [-0.05, 0) is 36.4 Å². The zero-order valence-corrected chi connectivity index (χ0v) is 16.7. The summed E-state index contributed by atoms with van der Waals surface area (Å²) in [6.07, 6.45) is 1.69. The van der Waals surface area contributed by atoms with Crippen molar-refractivity contribution in [2.24, 2.45) is 0 Å². The lowest BCUT2D eigenvalue weighted by Crippen LogP contribution is -2.34. The summed E-state index contributed by atoms with van der Waals surface area (Å²) in [4.78, 5) is 16.7. The maximum absolute atomic E-state index is 12.5. The molecule has 0 spiro atoms. The summed E-state index contributed by atoms with van der Waals surface area (Å²) in [7, 11) is -2.36. The first-order valence-corrected chi connectivity index (χ1v) is 10.3. The summed E-state index contributed by atoms with van der Waals surface area (Å²) in [5, 5.41) is 2.69. The van der Waals surface area contributed by atoms with Gasteiger partial charge in [0.25, 0.3) is 0 Å². The first-order chi connectivity index (χ1) is 13.9. The number of carbonyl (C=O) groups is 1. The number of pyridine rings is 1. The van der Waals surface area contributed by atoms with Gasteiger partial charge in [-0.3, -0.25) is 9.78 Å². The Morgan fingerprint density at radius 3 is 2.52 bits per heavy atom. The molecule has 150 valence electrons. The lowest BCUT2D eigenvalue weighted by molar-refractivity contribution is -0.116. The Balaban J connectivity index is 1.59. The third-order valence-electron chi connectivity index (χ3n) is 4.05. The van der Waals surface area contributed by atoms with Crippen molar-refractivity contribution in [1.82, 2.24) is 9.29 Å². The molecule has 0 unspecified atom stereocenters. The van der Waals surface area contributed by atoms with E-state index in [1.165, 1.54) is 19.2 Å². The molecule has 0 fully saturated rings. The van der Waals surface area contributed by atoms with E-state index in [1.54, 1.807) is 48.7 Å². The molecule has 0 aliphatic heterocycles. The number of benzene rings is 2. The number of nitrogens with zero attached hydrogens (tertiary/aromatic N) is 2. The van der Waals surface area contributed by atoms with Crippen LogP contribution in [0.15, 0.2) is 83.9 Å². The summed E-state index contributed by atoms with van der Waals surface area (Å²) >= 11 is 0. The van der Waals surface area contributed by atoms with Gasteiger partial charge >= 0.3 is 0 Å². The minimum absolute atomic E-state index is 0.139. The molecule has 0 saturated heterocycles. The fourth-order valence-corrected chi connectivity index (χ4v) is 3.71. The van der Waals surface area contributed by atoms with Gasteiger partial charge in [-0.1, -0.05) is 30.3 Å². The second kappa shape index (κ2) is 9.31. The summed E-state index contributed by atoms with van der Waals surface area (Å²) in [6.45, 7) is -0.00740. The zero-order chi connectivity index (χ0) is 20.7. The molecule has 3 aromatic rings. The molecule has 0 bridgehead atoms. The Morgan fingerprint density at radius 2 is 1.79 bits per heavy atom. The normalized spacial score (nSPS) is 11.2. The molecule has 0 aliphatic rings. The summed E-state index contributed by atoms with van der Waals surface area (Å²) in [5.41, 5.74) is 1.30. The van der Waals surface area contributed by atoms with Gasteiger partial charge in [0.15, 0.2) is 0 Å². The second-order valence-corrected chi connectivity index (χ2v) is 8.30. The highest BCUT2D eigenvalue weighted by molar-refractivity contribution is 7.89. The third-order valence-corrected chi connectivity index (χ3v) is 5.87. The highest BCUT2D eigenvalue weighted by Crippen LogP contribution is 2.19. The number of carbonyl (C=O) groups excluding carboxylic acids is 1. The van der Waals surface area contributed by atoms with Crippen molar-refractivity contribution in [1.29, 1.82) is 0 Å². The lowest BCUT2D eigenvalue weighted by atomic mass is 10.3. The third kappa shape index (κ3) is 5.63. The number of sulfonamides is 1. The van der Waals surface area contributed by atoms with Gasteiger partial charge in [-0.2, -0.15) is 4.31 Å². The van der Waals surface area contributed by atoms with Gasteiger partial charge in [-0.25, -0.2) is 8.42 Å². The van der Waals surface area contributed by atoms with Crippen molar-refractivity contribution in [3.63, 3.8) is 0 Å². The highest BCUT2D eigenvalue weighted by Gasteiger charge is 2.22. The highest BCUT2D eigenvalue weighted by atomic mass is 32.2. The Bertz CT molecular complexity index is 1060. The van der Waals surface area contributed by atoms with Crippen LogP contribution in [0.5, 0.6) is 5.75 Å². The fourth-order valence-electron chi connectivity index (χ4n) is 2.56. The molecule has 1 N–H and O–H groups in total. The van der Waals surface area contributed by atoms with Crippen molar-refractivity contribution in [2.75, 3.05) is 18.9 Å². The second-order valence-electron chi connectivity index (χ2n) is 6.26. The van der Waals surface area contributed by atoms with E-state index in [1.807, 2.05) is 18.2 Å². The van der Waals surface area contributed by atoms with Crippen molar-refractivity contribution in [3.8, 4) is 5.75 Å². The smallest absolute Gasteiger partial charge is 0.243 e. The van der Waals surface area contributed by atoms with Gasteiger partial charge in [0.2, 0.25) is 15.9 Å². The number of rotatable bonds is 8. The molecule has 3 rings (SSSR count). The molecule has 0 saturated carbocycles. The topological polar surface area (TPSA) is 88.6 Å². The van der Waals surface area contributed by atoms with Crippen LogP contribution in [0.4, 0.5) is 5.69 Å². The summed E-state index contributed by atoms with van der Waals surface area (Å²) < 4.78 is 31.7. The predicted octanol–water partition coefficient (Wildman–Crippen LogP) is 2.92. The van der Waals surface area contributed by atoms with E-state index < -0.39 is 15.9 Å². The summed E-state index contributed by atoms with van der Waals surface area (Å²) in [5.74, 6) is 0.118. The molecule has 7 nitrogen and oxygen atoms in total. The Kier molecular flexibility index (Phi) is 6.58. The molecule has 1 amide bonds. The minimum Gasteiger partial charge on any atom is -0.487 e. The number of hydrogen-bond acceptors (Lipinski definition) is 5. The molecule has 8 heteroatoms. The first kappa shape index (κ1) is 20.5. The van der Waals surface area contributed by atoms with Crippen LogP contribution in [-0.2, 0) is 21.4 Å². The molecule has 1 heterocycles. The van der Waals surface area contributed by atoms with Crippen LogP contribution in [0.2, 0.25) is 0 Å². The van der Waals surface area contributed by atoms with Gasteiger partial charge < -0.3 is 10.1 Å². The fraction of sp³-hybridized carbons (Fsp3) is 0.143. The van der Waals surface area contributed by atoms with Crippen LogP contribution in [0.3, 0.4) is 0 Å². The van der Waals surface area contributed by atoms with Gasteiger partial charge in [0.05, 0.1) is 17.1 Å². The molecule has 0 radical (unpaired) electrons. The van der Waals surface area contributed by atoms with E-state index in [2.05, 4.69) is 10.3 Å². The number of nitrogens with one attached hydrogen (secondary N) is 1. The maximum atomic E-state index is 12.5. The largest absolute Gasteiger partial charge is 0.487 e. The number of amides is 1. The number of ether oxygens (including phenoxy) is 1. The molecule has 0 atom stereocenters. The van der Waals surface area contributed by atoms with Crippen LogP contribution < -0.4 is 10.1 Å². The van der Waals surface area contributed by atoms with Gasteiger partial charge in [0, 0.05) is 25.0 Å². The van der Waals surface area contributed by atoms with Crippen LogP contribution in [0.1, 0.15) is 5.69 Å². The molecule has 1 aromatic heterocycles. The van der Waals surface area contributed by atoms with Crippen LogP contribution >= 0.6 is 0 Å². The first-order valence-electron chi connectivity index (χ1n) is 8.89.